The second-order valence-corrected chi connectivity index (χ2v) is 6.02. The summed E-state index contributed by atoms with van der Waals surface area (Å²) in [5.41, 5.74) is 1.12. The molecule has 0 radical (unpaired) electrons. The highest BCUT2D eigenvalue weighted by atomic mass is 16.5. The van der Waals surface area contributed by atoms with Crippen LogP contribution >= 0.6 is 0 Å². The van der Waals surface area contributed by atoms with Gasteiger partial charge in [-0.3, -0.25) is 4.79 Å². The molecule has 23 heavy (non-hydrogen) atoms. The van der Waals surface area contributed by atoms with Crippen molar-refractivity contribution in [3.8, 4) is 0 Å². The van der Waals surface area contributed by atoms with Crippen LogP contribution in [0.2, 0.25) is 0 Å². The molecule has 6 heteroatoms. The number of ether oxygens (including phenoxy) is 2. The number of carboxylic acid groups (broad SMARTS) is 1. The van der Waals surface area contributed by atoms with E-state index < -0.39 is 18.2 Å². The molecular formula is C17H21NO5. The Bertz CT molecular complexity index is 561. The van der Waals surface area contributed by atoms with E-state index in [1.54, 1.807) is 0 Å². The molecule has 2 saturated heterocycles. The third-order valence-corrected chi connectivity index (χ3v) is 4.47. The quantitative estimate of drug-likeness (QED) is 0.859. The lowest BCUT2D eigenvalue weighted by molar-refractivity contribution is -0.151. The van der Waals surface area contributed by atoms with Crippen LogP contribution in [-0.4, -0.2) is 42.3 Å². The van der Waals surface area contributed by atoms with Crippen molar-refractivity contribution in [1.82, 2.24) is 5.32 Å². The number of hydrogen-bond acceptors (Lipinski definition) is 4. The summed E-state index contributed by atoms with van der Waals surface area (Å²) in [4.78, 5) is 23.0. The van der Waals surface area contributed by atoms with E-state index in [4.69, 9.17) is 14.6 Å². The van der Waals surface area contributed by atoms with Crippen molar-refractivity contribution >= 4 is 11.9 Å². The van der Waals surface area contributed by atoms with Gasteiger partial charge in [0.15, 0.2) is 6.10 Å². The van der Waals surface area contributed by atoms with Gasteiger partial charge >= 0.3 is 5.97 Å². The van der Waals surface area contributed by atoms with E-state index in [0.29, 0.717) is 26.0 Å². The Kier molecular flexibility index (Phi) is 4.93. The van der Waals surface area contributed by atoms with Gasteiger partial charge in [-0.15, -0.1) is 0 Å². The Hall–Kier alpha value is -1.92. The predicted octanol–water partition coefficient (Wildman–Crippen LogP) is 1.51. The van der Waals surface area contributed by atoms with Gasteiger partial charge in [-0.2, -0.15) is 0 Å². The molecule has 1 aromatic rings. The third kappa shape index (κ3) is 3.71. The topological polar surface area (TPSA) is 84.9 Å². The fourth-order valence-electron chi connectivity index (χ4n) is 3.21. The van der Waals surface area contributed by atoms with Crippen molar-refractivity contribution in [3.63, 3.8) is 0 Å². The molecule has 3 rings (SSSR count). The normalized spacial score (nSPS) is 30.3. The van der Waals surface area contributed by atoms with Crippen molar-refractivity contribution in [3.05, 3.63) is 35.9 Å². The number of rotatable bonds is 5. The minimum Gasteiger partial charge on any atom is -0.479 e. The SMILES string of the molecule is O=C(NC[C@H]1CCO[C@@H]1c1ccccc1)[C@@H]1CC[C@H](C(=O)O)O1. The number of benzene rings is 1. The van der Waals surface area contributed by atoms with Crippen molar-refractivity contribution in [2.24, 2.45) is 5.92 Å². The van der Waals surface area contributed by atoms with Gasteiger partial charge in [-0.25, -0.2) is 4.79 Å². The first kappa shape index (κ1) is 16.0. The van der Waals surface area contributed by atoms with E-state index >= 15 is 0 Å². The van der Waals surface area contributed by atoms with Gasteiger partial charge in [0.05, 0.1) is 6.10 Å². The lowest BCUT2D eigenvalue weighted by Crippen LogP contribution is -2.38. The molecule has 2 aliphatic heterocycles. The van der Waals surface area contributed by atoms with Crippen molar-refractivity contribution in [2.75, 3.05) is 13.2 Å². The van der Waals surface area contributed by atoms with E-state index in [1.165, 1.54) is 0 Å². The maximum atomic E-state index is 12.1. The molecule has 2 heterocycles. The molecule has 0 aromatic heterocycles. The van der Waals surface area contributed by atoms with Gasteiger partial charge in [0.25, 0.3) is 0 Å². The predicted molar refractivity (Wildman–Crippen MR) is 81.8 cm³/mol. The Morgan fingerprint density at radius 3 is 2.57 bits per heavy atom. The molecule has 0 aliphatic carbocycles. The van der Waals surface area contributed by atoms with E-state index in [9.17, 15) is 9.59 Å². The average molecular weight is 319 g/mol. The second-order valence-electron chi connectivity index (χ2n) is 6.02. The molecule has 0 saturated carbocycles. The lowest BCUT2D eigenvalue weighted by atomic mass is 9.95. The van der Waals surface area contributed by atoms with Crippen molar-refractivity contribution in [2.45, 2.75) is 37.6 Å². The molecule has 1 aromatic carbocycles. The van der Waals surface area contributed by atoms with Crippen molar-refractivity contribution in [1.29, 1.82) is 0 Å². The van der Waals surface area contributed by atoms with Crippen LogP contribution in [0.4, 0.5) is 0 Å². The Morgan fingerprint density at radius 1 is 1.13 bits per heavy atom. The highest BCUT2D eigenvalue weighted by molar-refractivity contribution is 5.82. The fourth-order valence-corrected chi connectivity index (χ4v) is 3.21. The standard InChI is InChI=1S/C17H21NO5/c19-16(13-6-7-14(23-13)17(20)21)18-10-12-8-9-22-15(12)11-4-2-1-3-5-11/h1-5,12-15H,6-10H2,(H,18,19)(H,20,21)/t12-,13+,14-,15-/m1/s1. The highest BCUT2D eigenvalue weighted by Crippen LogP contribution is 2.34. The Balaban J connectivity index is 1.52. The first-order valence-electron chi connectivity index (χ1n) is 7.97. The third-order valence-electron chi connectivity index (χ3n) is 4.47. The van der Waals surface area contributed by atoms with E-state index in [2.05, 4.69) is 5.32 Å². The summed E-state index contributed by atoms with van der Waals surface area (Å²) in [7, 11) is 0. The second kappa shape index (κ2) is 7.10. The molecule has 4 atom stereocenters. The van der Waals surface area contributed by atoms with Gasteiger partial charge in [-0.1, -0.05) is 30.3 Å². The zero-order valence-electron chi connectivity index (χ0n) is 12.8. The lowest BCUT2D eigenvalue weighted by Gasteiger charge is -2.20. The Morgan fingerprint density at radius 2 is 1.87 bits per heavy atom. The molecule has 2 N–H and O–H groups in total. The number of carboxylic acids is 1. The monoisotopic (exact) mass is 319 g/mol. The molecule has 1 amide bonds. The largest absolute Gasteiger partial charge is 0.479 e. The number of carbonyl (C=O) groups excluding carboxylic acids is 1. The smallest absolute Gasteiger partial charge is 0.332 e. The summed E-state index contributed by atoms with van der Waals surface area (Å²) in [5.74, 6) is -1.01. The first-order valence-corrected chi connectivity index (χ1v) is 7.97. The van der Waals surface area contributed by atoms with Gasteiger partial charge in [0, 0.05) is 19.1 Å². The maximum Gasteiger partial charge on any atom is 0.332 e. The van der Waals surface area contributed by atoms with Crippen LogP contribution in [0.5, 0.6) is 0 Å². The van der Waals surface area contributed by atoms with Crippen LogP contribution < -0.4 is 5.32 Å². The number of aliphatic carboxylic acids is 1. The molecule has 2 fully saturated rings. The van der Waals surface area contributed by atoms with Gasteiger partial charge in [0.1, 0.15) is 6.10 Å². The van der Waals surface area contributed by atoms with Crippen LogP contribution in [0.1, 0.15) is 30.9 Å². The van der Waals surface area contributed by atoms with Crippen LogP contribution in [0, 0.1) is 5.92 Å². The summed E-state index contributed by atoms with van der Waals surface area (Å²) in [5, 5.41) is 11.8. The molecule has 124 valence electrons. The maximum absolute atomic E-state index is 12.1. The molecule has 2 aliphatic rings. The summed E-state index contributed by atoms with van der Waals surface area (Å²) < 4.78 is 11.1. The number of carbonyl (C=O) groups is 2. The summed E-state index contributed by atoms with van der Waals surface area (Å²) >= 11 is 0. The van der Waals surface area contributed by atoms with Crippen LogP contribution in [0.25, 0.3) is 0 Å². The van der Waals surface area contributed by atoms with E-state index in [1.807, 2.05) is 30.3 Å². The summed E-state index contributed by atoms with van der Waals surface area (Å²) in [6.07, 6.45) is 0.195. The van der Waals surface area contributed by atoms with E-state index in [-0.39, 0.29) is 17.9 Å². The molecule has 6 nitrogen and oxygen atoms in total. The zero-order valence-corrected chi connectivity index (χ0v) is 12.8. The van der Waals surface area contributed by atoms with Crippen LogP contribution in [0.3, 0.4) is 0 Å². The highest BCUT2D eigenvalue weighted by Gasteiger charge is 2.36. The van der Waals surface area contributed by atoms with Crippen LogP contribution in [-0.2, 0) is 19.1 Å². The average Bonchev–Trinajstić information content (AvgIpc) is 3.22. The summed E-state index contributed by atoms with van der Waals surface area (Å²) in [6, 6.07) is 9.98. The van der Waals surface area contributed by atoms with E-state index in [0.717, 1.165) is 12.0 Å². The van der Waals surface area contributed by atoms with Crippen LogP contribution in [0.15, 0.2) is 30.3 Å². The molecule has 0 bridgehead atoms. The van der Waals surface area contributed by atoms with Gasteiger partial charge in [-0.05, 0) is 24.8 Å². The number of amides is 1. The number of nitrogens with one attached hydrogen (secondary N) is 1. The minimum absolute atomic E-state index is 0.00670. The number of hydrogen-bond donors (Lipinski definition) is 2. The molecule has 0 spiro atoms. The first-order chi connectivity index (χ1) is 11.1. The fraction of sp³-hybridized carbons (Fsp3) is 0.529. The summed E-state index contributed by atoms with van der Waals surface area (Å²) in [6.45, 7) is 1.19. The Labute approximate surface area is 134 Å². The van der Waals surface area contributed by atoms with Gasteiger partial charge < -0.3 is 19.9 Å². The minimum atomic E-state index is -1.01. The van der Waals surface area contributed by atoms with Gasteiger partial charge in [0.2, 0.25) is 5.91 Å². The zero-order chi connectivity index (χ0) is 16.2. The molecule has 0 unspecified atom stereocenters. The van der Waals surface area contributed by atoms with Crippen molar-refractivity contribution < 1.29 is 24.2 Å². The molecular weight excluding hydrogens is 298 g/mol.